The molecule has 156 valence electrons. The molecule has 2 N–H and O–H groups in total. The lowest BCUT2D eigenvalue weighted by Crippen LogP contribution is -2.01. The molecule has 0 saturated heterocycles. The third kappa shape index (κ3) is 7.41. The van der Waals surface area contributed by atoms with Gasteiger partial charge in [-0.1, -0.05) is 70.6 Å². The Kier molecular flexibility index (Phi) is 8.50. The average molecular weight is 392 g/mol. The van der Waals surface area contributed by atoms with Gasteiger partial charge >= 0.3 is 0 Å². The van der Waals surface area contributed by atoms with Crippen LogP contribution >= 0.6 is 0 Å². The lowest BCUT2D eigenvalue weighted by atomic mass is 10.1. The highest BCUT2D eigenvalue weighted by Gasteiger charge is 2.24. The number of nitrogens with one attached hydrogen (secondary N) is 2. The number of fused-ring (bicyclic) bond motifs is 1. The van der Waals surface area contributed by atoms with Gasteiger partial charge in [-0.25, -0.2) is 4.98 Å². The zero-order valence-electron chi connectivity index (χ0n) is 18.8. The summed E-state index contributed by atoms with van der Waals surface area (Å²) in [6.45, 7) is 18.4. The van der Waals surface area contributed by atoms with Gasteiger partial charge in [0.05, 0.1) is 5.52 Å². The first-order valence-corrected chi connectivity index (χ1v) is 10.9. The zero-order valence-corrected chi connectivity index (χ0v) is 18.8. The maximum Gasteiger partial charge on any atom is 0.132 e. The van der Waals surface area contributed by atoms with E-state index in [0.29, 0.717) is 5.92 Å². The van der Waals surface area contributed by atoms with Crippen molar-refractivity contribution < 1.29 is 0 Å². The summed E-state index contributed by atoms with van der Waals surface area (Å²) in [5.74, 6) is 2.55. The molecule has 2 aromatic heterocycles. The van der Waals surface area contributed by atoms with E-state index in [2.05, 4.69) is 53.6 Å². The number of allylic oxidation sites excluding steroid dienone is 6. The summed E-state index contributed by atoms with van der Waals surface area (Å²) in [6.07, 6.45) is 13.5. The summed E-state index contributed by atoms with van der Waals surface area (Å²) in [5.41, 5.74) is 5.35. The number of hydrogen-bond donors (Lipinski definition) is 2. The third-order valence-corrected chi connectivity index (χ3v) is 4.79. The van der Waals surface area contributed by atoms with Crippen LogP contribution in [-0.2, 0) is 0 Å². The van der Waals surface area contributed by atoms with E-state index in [4.69, 9.17) is 0 Å². The number of aromatic nitrogens is 2. The Morgan fingerprint density at radius 3 is 2.34 bits per heavy atom. The second-order valence-electron chi connectivity index (χ2n) is 7.89. The van der Waals surface area contributed by atoms with E-state index in [1.165, 1.54) is 25.7 Å². The minimum atomic E-state index is 0.617. The van der Waals surface area contributed by atoms with Gasteiger partial charge in [0.25, 0.3) is 0 Å². The van der Waals surface area contributed by atoms with E-state index in [1.807, 2.05) is 46.0 Å². The van der Waals surface area contributed by atoms with Crippen LogP contribution in [0.4, 0.5) is 5.82 Å². The predicted molar refractivity (Wildman–Crippen MR) is 129 cm³/mol. The molecule has 29 heavy (non-hydrogen) atoms. The molecule has 0 amide bonds. The van der Waals surface area contributed by atoms with Crippen LogP contribution in [0.15, 0.2) is 61.0 Å². The van der Waals surface area contributed by atoms with Gasteiger partial charge in [-0.05, 0) is 50.2 Å². The second kappa shape index (κ2) is 10.8. The van der Waals surface area contributed by atoms with Crippen LogP contribution < -0.4 is 5.32 Å². The number of nitrogens with zero attached hydrogens (tertiary/aromatic N) is 1. The molecule has 2 aliphatic carbocycles. The molecular formula is C26H37N3. The van der Waals surface area contributed by atoms with Crippen LogP contribution in [0.3, 0.4) is 0 Å². The lowest BCUT2D eigenvalue weighted by molar-refractivity contribution is 0.983. The highest BCUT2D eigenvalue weighted by atomic mass is 15.0. The van der Waals surface area contributed by atoms with Crippen LogP contribution in [0, 0.1) is 11.8 Å². The fourth-order valence-electron chi connectivity index (χ4n) is 2.78. The Morgan fingerprint density at radius 1 is 1.17 bits per heavy atom. The number of aromatic amines is 1. The second-order valence-corrected chi connectivity index (χ2v) is 7.89. The lowest BCUT2D eigenvalue weighted by Gasteiger charge is -2.07. The summed E-state index contributed by atoms with van der Waals surface area (Å²) in [4.78, 5) is 7.96. The molecule has 0 aliphatic heterocycles. The molecule has 2 fully saturated rings. The van der Waals surface area contributed by atoms with E-state index in [-0.39, 0.29) is 0 Å². The number of hydrogen-bond acceptors (Lipinski definition) is 2. The first kappa shape index (κ1) is 22.7. The van der Waals surface area contributed by atoms with Gasteiger partial charge in [0.15, 0.2) is 0 Å². The SMILES string of the molecule is C=C(C)/C=C(\C=C/C)c1cc2cnc(NC(=C)C3CC3)cc2[nH]1.CC.CC1CC1. The van der Waals surface area contributed by atoms with Crippen molar-refractivity contribution in [1.29, 1.82) is 0 Å². The molecule has 0 unspecified atom stereocenters. The Morgan fingerprint density at radius 2 is 1.83 bits per heavy atom. The topological polar surface area (TPSA) is 40.7 Å². The van der Waals surface area contributed by atoms with Gasteiger partial charge in [-0.15, -0.1) is 0 Å². The number of rotatable bonds is 6. The van der Waals surface area contributed by atoms with Crippen molar-refractivity contribution in [1.82, 2.24) is 9.97 Å². The third-order valence-electron chi connectivity index (χ3n) is 4.79. The summed E-state index contributed by atoms with van der Waals surface area (Å²) < 4.78 is 0. The molecule has 0 bridgehead atoms. The molecule has 3 nitrogen and oxygen atoms in total. The maximum atomic E-state index is 4.49. The van der Waals surface area contributed by atoms with E-state index >= 15 is 0 Å². The van der Waals surface area contributed by atoms with Crippen LogP contribution in [0.2, 0.25) is 0 Å². The van der Waals surface area contributed by atoms with Gasteiger partial charge in [0.2, 0.25) is 0 Å². The monoisotopic (exact) mass is 391 g/mol. The standard InChI is InChI=1S/C20H23N3.C4H8.C2H6/c1-5-6-16(9-13(2)3)18-10-17-12-21-20(11-19(17)23-18)22-14(4)15-7-8-15;1-4-2-3-4;1-2/h5-6,9-12,15,23H,2,4,7-8H2,1,3H3,(H,21,22);4H,2-3H2,1H3;1-2H3/b6-5-,16-9+;;. The van der Waals surface area contributed by atoms with Gasteiger partial charge < -0.3 is 10.3 Å². The molecule has 0 radical (unpaired) electrons. The van der Waals surface area contributed by atoms with Gasteiger partial charge in [-0.3, -0.25) is 0 Å². The number of anilines is 1. The predicted octanol–water partition coefficient (Wildman–Crippen LogP) is 7.88. The molecule has 2 saturated carbocycles. The normalized spacial score (nSPS) is 16.0. The highest BCUT2D eigenvalue weighted by molar-refractivity contribution is 5.88. The van der Waals surface area contributed by atoms with E-state index in [0.717, 1.165) is 45.2 Å². The van der Waals surface area contributed by atoms with Crippen LogP contribution in [0.25, 0.3) is 16.5 Å². The number of H-pyrrole nitrogens is 1. The Labute approximate surface area is 176 Å². The van der Waals surface area contributed by atoms with Gasteiger partial charge in [0, 0.05) is 29.0 Å². The summed E-state index contributed by atoms with van der Waals surface area (Å²) in [7, 11) is 0. The molecule has 3 heteroatoms. The summed E-state index contributed by atoms with van der Waals surface area (Å²) >= 11 is 0. The van der Waals surface area contributed by atoms with Gasteiger partial charge in [-0.2, -0.15) is 0 Å². The van der Waals surface area contributed by atoms with Crippen molar-refractivity contribution in [2.24, 2.45) is 11.8 Å². The molecule has 0 spiro atoms. The highest BCUT2D eigenvalue weighted by Crippen LogP contribution is 2.35. The minimum absolute atomic E-state index is 0.617. The molecule has 0 aromatic carbocycles. The smallest absolute Gasteiger partial charge is 0.132 e. The van der Waals surface area contributed by atoms with E-state index in [1.54, 1.807) is 0 Å². The minimum Gasteiger partial charge on any atom is -0.354 e. The van der Waals surface area contributed by atoms with Crippen molar-refractivity contribution in [3.05, 3.63) is 66.7 Å². The van der Waals surface area contributed by atoms with Crippen LogP contribution in [0.1, 0.15) is 66.0 Å². The van der Waals surface area contributed by atoms with Crippen molar-refractivity contribution in [3.8, 4) is 0 Å². The molecular weight excluding hydrogens is 354 g/mol. The van der Waals surface area contributed by atoms with Crippen molar-refractivity contribution in [3.63, 3.8) is 0 Å². The van der Waals surface area contributed by atoms with E-state index in [9.17, 15) is 0 Å². The van der Waals surface area contributed by atoms with Crippen molar-refractivity contribution in [2.45, 2.75) is 60.3 Å². The quantitative estimate of drug-likeness (QED) is 0.492. The summed E-state index contributed by atoms with van der Waals surface area (Å²) in [6, 6.07) is 4.16. The largest absolute Gasteiger partial charge is 0.354 e. The zero-order chi connectivity index (χ0) is 21.4. The first-order chi connectivity index (χ1) is 14.0. The molecule has 4 rings (SSSR count). The van der Waals surface area contributed by atoms with Crippen molar-refractivity contribution in [2.75, 3.05) is 5.32 Å². The average Bonchev–Trinajstić information content (AvgIpc) is 3.62. The Hall–Kier alpha value is -2.55. The van der Waals surface area contributed by atoms with Gasteiger partial charge in [0.1, 0.15) is 5.82 Å². The van der Waals surface area contributed by atoms with E-state index < -0.39 is 0 Å². The molecule has 2 aliphatic rings. The van der Waals surface area contributed by atoms with Crippen LogP contribution in [-0.4, -0.2) is 9.97 Å². The molecule has 2 aromatic rings. The van der Waals surface area contributed by atoms with Crippen LogP contribution in [0.5, 0.6) is 0 Å². The fraction of sp³-hybridized carbons (Fsp3) is 0.423. The molecule has 2 heterocycles. The summed E-state index contributed by atoms with van der Waals surface area (Å²) in [5, 5.41) is 4.42. The number of pyridine rings is 1. The maximum absolute atomic E-state index is 4.49. The fourth-order valence-corrected chi connectivity index (χ4v) is 2.78. The molecule has 0 atom stereocenters. The first-order valence-electron chi connectivity index (χ1n) is 10.9. The van der Waals surface area contributed by atoms with Crippen molar-refractivity contribution >= 4 is 22.3 Å². The Bertz CT molecular complexity index is 890. The Balaban J connectivity index is 0.000000436.